The van der Waals surface area contributed by atoms with Crippen molar-refractivity contribution in [2.24, 2.45) is 0 Å². The van der Waals surface area contributed by atoms with Gasteiger partial charge in [-0.15, -0.1) is 0 Å². The maximum absolute atomic E-state index is 13.5. The van der Waals surface area contributed by atoms with E-state index in [0.717, 1.165) is 68.3 Å². The van der Waals surface area contributed by atoms with Gasteiger partial charge in [0.25, 0.3) is 5.91 Å². The van der Waals surface area contributed by atoms with Crippen molar-refractivity contribution >= 4 is 11.6 Å². The molecule has 47 heavy (non-hydrogen) atoms. The summed E-state index contributed by atoms with van der Waals surface area (Å²) in [5, 5.41) is 0. The molecule has 0 spiro atoms. The van der Waals surface area contributed by atoms with E-state index in [-0.39, 0.29) is 11.3 Å². The lowest BCUT2D eigenvalue weighted by Gasteiger charge is -2.44. The number of nitrogens with zero attached hydrogens (tertiary/aromatic N) is 3. The van der Waals surface area contributed by atoms with Gasteiger partial charge in [0, 0.05) is 62.0 Å². The third kappa shape index (κ3) is 6.88. The standard InChI is InChI=1S/C39H45N3O5/c1-44-34-15-10-31(11-16-34)39(32-12-17-35(45-2)18-13-32)20-5-21-40(28-39)27-29-6-8-30(9-7-29)38(43)42-24-22-41(23-25-42)33-14-19-36(46-3)37(26-33)47-4/h6-19,26H,5,20-25,27-28H2,1-4H3. The predicted molar refractivity (Wildman–Crippen MR) is 185 cm³/mol. The summed E-state index contributed by atoms with van der Waals surface area (Å²) < 4.78 is 21.8. The first-order valence-electron chi connectivity index (χ1n) is 16.3. The van der Waals surface area contributed by atoms with Crippen LogP contribution in [0.3, 0.4) is 0 Å². The van der Waals surface area contributed by atoms with Crippen molar-refractivity contribution in [1.29, 1.82) is 0 Å². The lowest BCUT2D eigenvalue weighted by molar-refractivity contribution is 0.0746. The summed E-state index contributed by atoms with van der Waals surface area (Å²) >= 11 is 0. The molecule has 2 aliphatic rings. The summed E-state index contributed by atoms with van der Waals surface area (Å²) in [6, 6.07) is 31.2. The number of likely N-dealkylation sites (tertiary alicyclic amines) is 1. The van der Waals surface area contributed by atoms with E-state index in [1.807, 2.05) is 35.2 Å². The number of piperidine rings is 1. The van der Waals surface area contributed by atoms with Crippen molar-refractivity contribution in [2.45, 2.75) is 24.8 Å². The molecular formula is C39H45N3O5. The Labute approximate surface area is 278 Å². The number of anilines is 1. The number of amides is 1. The number of carbonyl (C=O) groups is 1. The first-order chi connectivity index (χ1) is 23.0. The van der Waals surface area contributed by atoms with Gasteiger partial charge in [-0.2, -0.15) is 0 Å². The maximum Gasteiger partial charge on any atom is 0.253 e. The van der Waals surface area contributed by atoms with E-state index in [1.165, 1.54) is 16.7 Å². The Kier molecular flexibility index (Phi) is 9.87. The van der Waals surface area contributed by atoms with Crippen LogP contribution in [0.15, 0.2) is 91.0 Å². The average molecular weight is 636 g/mol. The van der Waals surface area contributed by atoms with Crippen LogP contribution in [0, 0.1) is 0 Å². The predicted octanol–water partition coefficient (Wildman–Crippen LogP) is 6.27. The average Bonchev–Trinajstić information content (AvgIpc) is 3.14. The number of benzene rings is 4. The van der Waals surface area contributed by atoms with E-state index < -0.39 is 0 Å². The number of piperazine rings is 1. The minimum absolute atomic E-state index is 0.0829. The van der Waals surface area contributed by atoms with E-state index >= 15 is 0 Å². The molecule has 0 radical (unpaired) electrons. The molecule has 4 aromatic rings. The molecule has 8 nitrogen and oxygen atoms in total. The van der Waals surface area contributed by atoms with Crippen molar-refractivity contribution in [2.75, 3.05) is 72.6 Å². The number of carbonyl (C=O) groups excluding carboxylic acids is 1. The molecular weight excluding hydrogens is 590 g/mol. The number of ether oxygens (including phenoxy) is 4. The molecule has 8 heteroatoms. The second kappa shape index (κ2) is 14.4. The highest BCUT2D eigenvalue weighted by Gasteiger charge is 2.39. The van der Waals surface area contributed by atoms with Gasteiger partial charge in [-0.05, 0) is 84.6 Å². The Morgan fingerprint density at radius 1 is 0.660 bits per heavy atom. The van der Waals surface area contributed by atoms with Gasteiger partial charge in [0.1, 0.15) is 11.5 Å². The molecule has 6 rings (SSSR count). The van der Waals surface area contributed by atoms with Crippen LogP contribution in [0.25, 0.3) is 0 Å². The Bertz CT molecular complexity index is 1580. The minimum Gasteiger partial charge on any atom is -0.497 e. The zero-order chi connectivity index (χ0) is 32.8. The van der Waals surface area contributed by atoms with Crippen LogP contribution in [0.1, 0.15) is 39.9 Å². The molecule has 2 heterocycles. The molecule has 0 aromatic heterocycles. The van der Waals surface area contributed by atoms with E-state index in [4.69, 9.17) is 18.9 Å². The second-order valence-corrected chi connectivity index (χ2v) is 12.4. The van der Waals surface area contributed by atoms with Crippen LogP contribution in [-0.2, 0) is 12.0 Å². The summed E-state index contributed by atoms with van der Waals surface area (Å²) in [7, 11) is 6.70. The molecule has 2 saturated heterocycles. The molecule has 1 amide bonds. The van der Waals surface area contributed by atoms with E-state index in [1.54, 1.807) is 28.4 Å². The fourth-order valence-corrected chi connectivity index (χ4v) is 7.12. The maximum atomic E-state index is 13.5. The lowest BCUT2D eigenvalue weighted by atomic mass is 9.69. The molecule has 0 saturated carbocycles. The smallest absolute Gasteiger partial charge is 0.253 e. The molecule has 246 valence electrons. The lowest BCUT2D eigenvalue weighted by Crippen LogP contribution is -2.48. The van der Waals surface area contributed by atoms with Gasteiger partial charge < -0.3 is 28.7 Å². The molecule has 2 fully saturated rings. The molecule has 4 aromatic carbocycles. The first kappa shape index (κ1) is 32.3. The normalized spacial score (nSPS) is 16.4. The van der Waals surface area contributed by atoms with Crippen molar-refractivity contribution in [3.8, 4) is 23.0 Å². The number of hydrogen-bond donors (Lipinski definition) is 0. The number of methoxy groups -OCH3 is 4. The van der Waals surface area contributed by atoms with Crippen LogP contribution in [0.2, 0.25) is 0 Å². The van der Waals surface area contributed by atoms with Gasteiger partial charge in [-0.3, -0.25) is 9.69 Å². The van der Waals surface area contributed by atoms with Crippen molar-refractivity contribution < 1.29 is 23.7 Å². The summed E-state index contributed by atoms with van der Waals surface area (Å²) in [5.41, 5.74) is 5.45. The molecule has 0 aliphatic carbocycles. The number of rotatable bonds is 10. The summed E-state index contributed by atoms with van der Waals surface area (Å²) in [6.45, 7) is 5.61. The fourth-order valence-electron chi connectivity index (χ4n) is 7.12. The third-order valence-electron chi connectivity index (χ3n) is 9.76. The molecule has 2 aliphatic heterocycles. The largest absolute Gasteiger partial charge is 0.497 e. The zero-order valence-corrected chi connectivity index (χ0v) is 27.9. The van der Waals surface area contributed by atoms with E-state index in [0.29, 0.717) is 24.6 Å². The van der Waals surface area contributed by atoms with Crippen molar-refractivity contribution in [3.63, 3.8) is 0 Å². The molecule has 0 N–H and O–H groups in total. The van der Waals surface area contributed by atoms with Crippen LogP contribution in [-0.4, -0.2) is 83.4 Å². The van der Waals surface area contributed by atoms with Gasteiger partial charge >= 0.3 is 0 Å². The van der Waals surface area contributed by atoms with E-state index in [2.05, 4.69) is 70.5 Å². The van der Waals surface area contributed by atoms with Gasteiger partial charge in [-0.1, -0.05) is 36.4 Å². The zero-order valence-electron chi connectivity index (χ0n) is 27.9. The SMILES string of the molecule is COc1ccc(C2(c3ccc(OC)cc3)CCCN(Cc3ccc(C(=O)N4CCN(c5ccc(OC)c(OC)c5)CC4)cc3)C2)cc1. The Hall–Kier alpha value is -4.69. The Morgan fingerprint density at radius 2 is 1.26 bits per heavy atom. The second-order valence-electron chi connectivity index (χ2n) is 12.4. The first-order valence-corrected chi connectivity index (χ1v) is 16.3. The highest BCUT2D eigenvalue weighted by atomic mass is 16.5. The summed E-state index contributed by atoms with van der Waals surface area (Å²) in [4.78, 5) is 20.2. The Morgan fingerprint density at radius 3 is 1.81 bits per heavy atom. The number of hydrogen-bond acceptors (Lipinski definition) is 7. The fraction of sp³-hybridized carbons (Fsp3) is 0.359. The quantitative estimate of drug-likeness (QED) is 0.204. The monoisotopic (exact) mass is 635 g/mol. The molecule has 0 bridgehead atoms. The van der Waals surface area contributed by atoms with E-state index in [9.17, 15) is 4.79 Å². The van der Waals surface area contributed by atoms with Crippen LogP contribution < -0.4 is 23.8 Å². The summed E-state index contributed by atoms with van der Waals surface area (Å²) in [6.07, 6.45) is 2.15. The highest BCUT2D eigenvalue weighted by Crippen LogP contribution is 2.42. The van der Waals surface area contributed by atoms with Gasteiger partial charge in [-0.25, -0.2) is 0 Å². The van der Waals surface area contributed by atoms with Crippen LogP contribution >= 0.6 is 0 Å². The topological polar surface area (TPSA) is 63.7 Å². The van der Waals surface area contributed by atoms with Crippen molar-refractivity contribution in [1.82, 2.24) is 9.80 Å². The Balaban J connectivity index is 1.11. The minimum atomic E-state index is -0.147. The van der Waals surface area contributed by atoms with Gasteiger partial charge in [0.15, 0.2) is 11.5 Å². The van der Waals surface area contributed by atoms with Crippen LogP contribution in [0.5, 0.6) is 23.0 Å². The van der Waals surface area contributed by atoms with Crippen molar-refractivity contribution in [3.05, 3.63) is 113 Å². The van der Waals surface area contributed by atoms with Gasteiger partial charge in [0.05, 0.1) is 28.4 Å². The third-order valence-corrected chi connectivity index (χ3v) is 9.76. The summed E-state index contributed by atoms with van der Waals surface area (Å²) in [5.74, 6) is 3.23. The highest BCUT2D eigenvalue weighted by molar-refractivity contribution is 5.94. The molecule has 0 unspecified atom stereocenters. The van der Waals surface area contributed by atoms with Crippen LogP contribution in [0.4, 0.5) is 5.69 Å². The molecule has 0 atom stereocenters. The van der Waals surface area contributed by atoms with Gasteiger partial charge in [0.2, 0.25) is 0 Å².